The molecule has 3 nitrogen and oxygen atoms in total. The molecule has 1 N–H and O–H groups in total. The first-order valence-corrected chi connectivity index (χ1v) is 9.49. The Morgan fingerprint density at radius 2 is 1.36 bits per heavy atom. The van der Waals surface area contributed by atoms with Crippen LogP contribution in [0.5, 0.6) is 0 Å². The van der Waals surface area contributed by atoms with Gasteiger partial charge in [0.05, 0.1) is 6.61 Å². The van der Waals surface area contributed by atoms with Gasteiger partial charge in [-0.05, 0) is 24.7 Å². The van der Waals surface area contributed by atoms with Crippen LogP contribution in [-0.2, 0) is 4.74 Å². The summed E-state index contributed by atoms with van der Waals surface area (Å²) in [5.74, 6) is 1.15. The molecule has 0 aliphatic rings. The number of rotatable bonds is 15. The Labute approximate surface area is 137 Å². The Hall–Kier alpha value is -0.730. The van der Waals surface area contributed by atoms with Crippen LogP contribution in [-0.4, -0.2) is 17.9 Å². The molecular formula is C19H38O3. The van der Waals surface area contributed by atoms with Crippen molar-refractivity contribution in [2.45, 2.75) is 97.8 Å². The van der Waals surface area contributed by atoms with Crippen LogP contribution in [0.2, 0.25) is 0 Å². The van der Waals surface area contributed by atoms with Gasteiger partial charge in [0.25, 0.3) is 0 Å². The molecule has 0 aliphatic carbocycles. The van der Waals surface area contributed by atoms with E-state index in [0.29, 0.717) is 12.5 Å². The van der Waals surface area contributed by atoms with Crippen molar-refractivity contribution in [3.05, 3.63) is 0 Å². The summed E-state index contributed by atoms with van der Waals surface area (Å²) < 4.78 is 4.87. The lowest BCUT2D eigenvalue weighted by molar-refractivity contribution is 0.0694. The second-order valence-corrected chi connectivity index (χ2v) is 6.68. The fourth-order valence-electron chi connectivity index (χ4n) is 3.16. The summed E-state index contributed by atoms with van der Waals surface area (Å²) in [7, 11) is 0. The maximum atomic E-state index is 10.7. The molecule has 0 bridgehead atoms. The summed E-state index contributed by atoms with van der Waals surface area (Å²) in [5, 5.41) is 8.74. The van der Waals surface area contributed by atoms with E-state index in [9.17, 15) is 4.79 Å². The predicted octanol–water partition coefficient (Wildman–Crippen LogP) is 6.65. The van der Waals surface area contributed by atoms with Gasteiger partial charge in [-0.2, -0.15) is 0 Å². The third-order valence-electron chi connectivity index (χ3n) is 4.51. The monoisotopic (exact) mass is 314 g/mol. The molecule has 0 amide bonds. The summed E-state index contributed by atoms with van der Waals surface area (Å²) >= 11 is 0. The molecule has 0 aromatic rings. The second-order valence-electron chi connectivity index (χ2n) is 6.68. The predicted molar refractivity (Wildman–Crippen MR) is 93.4 cm³/mol. The number of hydrogen-bond acceptors (Lipinski definition) is 2. The van der Waals surface area contributed by atoms with E-state index >= 15 is 0 Å². The molecule has 0 aliphatic heterocycles. The third kappa shape index (κ3) is 13.0. The van der Waals surface area contributed by atoms with Crippen LogP contribution in [0, 0.1) is 11.8 Å². The molecule has 0 saturated heterocycles. The highest BCUT2D eigenvalue weighted by molar-refractivity contribution is 5.56. The van der Waals surface area contributed by atoms with Gasteiger partial charge in [-0.25, -0.2) is 4.79 Å². The maximum absolute atomic E-state index is 10.7. The van der Waals surface area contributed by atoms with Gasteiger partial charge in [0, 0.05) is 0 Å². The van der Waals surface area contributed by atoms with Crippen LogP contribution in [0.1, 0.15) is 97.8 Å². The fourth-order valence-corrected chi connectivity index (χ4v) is 3.16. The Balaban J connectivity index is 4.31. The fraction of sp³-hybridized carbons (Fsp3) is 0.947. The van der Waals surface area contributed by atoms with Crippen molar-refractivity contribution < 1.29 is 14.6 Å². The van der Waals surface area contributed by atoms with Crippen molar-refractivity contribution in [3.8, 4) is 0 Å². The average molecular weight is 315 g/mol. The van der Waals surface area contributed by atoms with E-state index in [0.717, 1.165) is 18.8 Å². The minimum absolute atomic E-state index is 0.382. The maximum Gasteiger partial charge on any atom is 0.505 e. The van der Waals surface area contributed by atoms with Crippen LogP contribution >= 0.6 is 0 Å². The molecule has 132 valence electrons. The Morgan fingerprint density at radius 3 is 1.91 bits per heavy atom. The van der Waals surface area contributed by atoms with Crippen molar-refractivity contribution in [2.75, 3.05) is 6.61 Å². The van der Waals surface area contributed by atoms with E-state index in [1.807, 2.05) is 0 Å². The molecule has 22 heavy (non-hydrogen) atoms. The number of carbonyl (C=O) groups is 1. The molecule has 0 aromatic heterocycles. The van der Waals surface area contributed by atoms with Crippen LogP contribution in [0.15, 0.2) is 0 Å². The van der Waals surface area contributed by atoms with Gasteiger partial charge in [0.1, 0.15) is 0 Å². The van der Waals surface area contributed by atoms with E-state index in [-0.39, 0.29) is 0 Å². The van der Waals surface area contributed by atoms with Crippen molar-refractivity contribution >= 4 is 6.16 Å². The average Bonchev–Trinajstić information content (AvgIpc) is 2.50. The molecule has 0 radical (unpaired) electrons. The summed E-state index contributed by atoms with van der Waals surface area (Å²) in [6.45, 7) is 7.07. The van der Waals surface area contributed by atoms with Crippen LogP contribution in [0.3, 0.4) is 0 Å². The zero-order valence-corrected chi connectivity index (χ0v) is 15.1. The van der Waals surface area contributed by atoms with Gasteiger partial charge in [-0.15, -0.1) is 0 Å². The molecule has 0 spiro atoms. The SMILES string of the molecule is CCCCCCC(CCCC)CC(CCCC)COC(=O)O. The molecule has 3 heteroatoms. The second kappa shape index (κ2) is 15.2. The van der Waals surface area contributed by atoms with Crippen molar-refractivity contribution in [1.29, 1.82) is 0 Å². The Kier molecular flexibility index (Phi) is 14.7. The lowest BCUT2D eigenvalue weighted by Crippen LogP contribution is -2.17. The molecule has 2 atom stereocenters. The molecule has 0 rings (SSSR count). The topological polar surface area (TPSA) is 46.5 Å². The Bertz CT molecular complexity index is 253. The Morgan fingerprint density at radius 1 is 0.818 bits per heavy atom. The summed E-state index contributed by atoms with van der Waals surface area (Å²) in [4.78, 5) is 10.7. The smallest absolute Gasteiger partial charge is 0.450 e. The first-order valence-electron chi connectivity index (χ1n) is 9.49. The molecule has 0 saturated carbocycles. The molecule has 2 unspecified atom stereocenters. The third-order valence-corrected chi connectivity index (χ3v) is 4.51. The van der Waals surface area contributed by atoms with Gasteiger partial charge >= 0.3 is 6.16 Å². The van der Waals surface area contributed by atoms with Crippen LogP contribution in [0.25, 0.3) is 0 Å². The van der Waals surface area contributed by atoms with Crippen LogP contribution in [0.4, 0.5) is 4.79 Å². The zero-order valence-electron chi connectivity index (χ0n) is 15.1. The normalized spacial score (nSPS) is 13.8. The van der Waals surface area contributed by atoms with Gasteiger partial charge in [-0.1, -0.05) is 85.0 Å². The largest absolute Gasteiger partial charge is 0.505 e. The number of ether oxygens (including phenoxy) is 1. The standard InChI is InChI=1S/C19H38O3/c1-4-7-10-11-14-17(12-8-5-2)15-18(13-9-6-3)16-22-19(20)21/h17-18H,4-16H2,1-3H3,(H,20,21). The number of carboxylic acid groups (broad SMARTS) is 1. The minimum Gasteiger partial charge on any atom is -0.450 e. The lowest BCUT2D eigenvalue weighted by Gasteiger charge is -2.23. The van der Waals surface area contributed by atoms with E-state index in [2.05, 4.69) is 20.8 Å². The first-order chi connectivity index (χ1) is 10.6. The van der Waals surface area contributed by atoms with Crippen molar-refractivity contribution in [2.24, 2.45) is 11.8 Å². The lowest BCUT2D eigenvalue weighted by atomic mass is 9.85. The molecule has 0 heterocycles. The van der Waals surface area contributed by atoms with Crippen molar-refractivity contribution in [3.63, 3.8) is 0 Å². The summed E-state index contributed by atoms with van der Waals surface area (Å²) in [6, 6.07) is 0. The molecule has 0 fully saturated rings. The quantitative estimate of drug-likeness (QED) is 0.272. The number of hydrogen-bond donors (Lipinski definition) is 1. The van der Waals surface area contributed by atoms with Crippen molar-refractivity contribution in [1.82, 2.24) is 0 Å². The highest BCUT2D eigenvalue weighted by Crippen LogP contribution is 2.27. The van der Waals surface area contributed by atoms with E-state index < -0.39 is 6.16 Å². The first kappa shape index (κ1) is 21.3. The highest BCUT2D eigenvalue weighted by atomic mass is 16.7. The van der Waals surface area contributed by atoms with Crippen LogP contribution < -0.4 is 0 Å². The van der Waals surface area contributed by atoms with Gasteiger partial charge < -0.3 is 9.84 Å². The van der Waals surface area contributed by atoms with Gasteiger partial charge in [0.2, 0.25) is 0 Å². The summed E-state index contributed by atoms with van der Waals surface area (Å²) in [5.41, 5.74) is 0. The minimum atomic E-state index is -1.13. The zero-order chi connectivity index (χ0) is 16.6. The van der Waals surface area contributed by atoms with E-state index in [1.165, 1.54) is 64.2 Å². The van der Waals surface area contributed by atoms with E-state index in [1.54, 1.807) is 0 Å². The molecular weight excluding hydrogens is 276 g/mol. The molecule has 0 aromatic carbocycles. The van der Waals surface area contributed by atoms with Gasteiger partial charge in [-0.3, -0.25) is 0 Å². The highest BCUT2D eigenvalue weighted by Gasteiger charge is 2.17. The van der Waals surface area contributed by atoms with E-state index in [4.69, 9.17) is 9.84 Å². The summed E-state index contributed by atoms with van der Waals surface area (Å²) in [6.07, 6.45) is 13.8. The van der Waals surface area contributed by atoms with Gasteiger partial charge in [0.15, 0.2) is 0 Å². The number of unbranched alkanes of at least 4 members (excludes halogenated alkanes) is 5.